The average Bonchev–Trinajstić information content (AvgIpc) is 2.48. The van der Waals surface area contributed by atoms with Crippen molar-refractivity contribution in [2.24, 2.45) is 11.3 Å². The highest BCUT2D eigenvalue weighted by molar-refractivity contribution is 4.95. The minimum atomic E-state index is 0.337. The van der Waals surface area contributed by atoms with Gasteiger partial charge in [0.25, 0.3) is 0 Å². The summed E-state index contributed by atoms with van der Waals surface area (Å²) in [6.07, 6.45) is 5.77. The molecule has 2 heteroatoms. The summed E-state index contributed by atoms with van der Waals surface area (Å²) in [4.78, 5) is 2.54. The summed E-state index contributed by atoms with van der Waals surface area (Å²) >= 11 is 0. The number of hydrogen-bond donors (Lipinski definition) is 1. The van der Waals surface area contributed by atoms with Crippen molar-refractivity contribution >= 4 is 0 Å². The molecule has 1 aliphatic carbocycles. The van der Waals surface area contributed by atoms with E-state index in [-0.39, 0.29) is 0 Å². The van der Waals surface area contributed by atoms with E-state index < -0.39 is 0 Å². The standard InChI is InChI=1S/C11H21NO/c1-10(8-13)7-12-6-5-11(9-12)3-2-4-11/h10,13H,2-9H2,1H3. The van der Waals surface area contributed by atoms with Crippen molar-refractivity contribution < 1.29 is 5.11 Å². The van der Waals surface area contributed by atoms with Crippen LogP contribution >= 0.6 is 0 Å². The molecule has 1 aliphatic heterocycles. The number of hydrogen-bond acceptors (Lipinski definition) is 2. The van der Waals surface area contributed by atoms with Crippen LogP contribution in [-0.4, -0.2) is 36.2 Å². The van der Waals surface area contributed by atoms with Crippen molar-refractivity contribution in [2.45, 2.75) is 32.6 Å². The van der Waals surface area contributed by atoms with Gasteiger partial charge in [0.05, 0.1) is 0 Å². The predicted octanol–water partition coefficient (Wildman–Crippen LogP) is 1.49. The van der Waals surface area contributed by atoms with Gasteiger partial charge in [0, 0.05) is 19.7 Å². The van der Waals surface area contributed by atoms with Gasteiger partial charge < -0.3 is 10.0 Å². The molecule has 0 aromatic rings. The van der Waals surface area contributed by atoms with Crippen LogP contribution in [0, 0.1) is 11.3 Å². The van der Waals surface area contributed by atoms with Crippen molar-refractivity contribution in [1.82, 2.24) is 4.90 Å². The second kappa shape index (κ2) is 3.58. The fourth-order valence-corrected chi connectivity index (χ4v) is 2.77. The highest BCUT2D eigenvalue weighted by Crippen LogP contribution is 2.47. The van der Waals surface area contributed by atoms with E-state index in [1.165, 1.54) is 38.8 Å². The Bertz CT molecular complexity index is 177. The van der Waals surface area contributed by atoms with Crippen molar-refractivity contribution in [2.75, 3.05) is 26.2 Å². The molecule has 2 nitrogen and oxygen atoms in total. The van der Waals surface area contributed by atoms with Crippen LogP contribution in [0.4, 0.5) is 0 Å². The molecule has 1 saturated carbocycles. The topological polar surface area (TPSA) is 23.5 Å². The highest BCUT2D eigenvalue weighted by Gasteiger charge is 2.42. The van der Waals surface area contributed by atoms with Crippen molar-refractivity contribution in [1.29, 1.82) is 0 Å². The Labute approximate surface area is 80.9 Å². The minimum Gasteiger partial charge on any atom is -0.396 e. The molecule has 1 N–H and O–H groups in total. The van der Waals surface area contributed by atoms with Gasteiger partial charge in [-0.25, -0.2) is 0 Å². The molecule has 1 unspecified atom stereocenters. The van der Waals surface area contributed by atoms with E-state index in [0.717, 1.165) is 12.0 Å². The van der Waals surface area contributed by atoms with E-state index in [1.807, 2.05) is 0 Å². The monoisotopic (exact) mass is 183 g/mol. The van der Waals surface area contributed by atoms with Gasteiger partial charge in [-0.2, -0.15) is 0 Å². The Morgan fingerprint density at radius 1 is 1.38 bits per heavy atom. The van der Waals surface area contributed by atoms with Gasteiger partial charge in [-0.3, -0.25) is 0 Å². The van der Waals surface area contributed by atoms with E-state index in [4.69, 9.17) is 5.11 Å². The molecule has 0 radical (unpaired) electrons. The number of aliphatic hydroxyl groups is 1. The second-order valence-corrected chi connectivity index (χ2v) is 5.13. The van der Waals surface area contributed by atoms with Crippen LogP contribution in [0.2, 0.25) is 0 Å². The fourth-order valence-electron chi connectivity index (χ4n) is 2.77. The number of aliphatic hydroxyl groups excluding tert-OH is 1. The summed E-state index contributed by atoms with van der Waals surface area (Å²) in [6.45, 7) is 6.13. The maximum Gasteiger partial charge on any atom is 0.0468 e. The van der Waals surface area contributed by atoms with Gasteiger partial charge in [0.1, 0.15) is 0 Å². The zero-order valence-corrected chi connectivity index (χ0v) is 8.63. The largest absolute Gasteiger partial charge is 0.396 e. The minimum absolute atomic E-state index is 0.337. The van der Waals surface area contributed by atoms with E-state index in [0.29, 0.717) is 12.5 Å². The number of nitrogens with zero attached hydrogens (tertiary/aromatic N) is 1. The molecular formula is C11H21NO. The predicted molar refractivity (Wildman–Crippen MR) is 53.6 cm³/mol. The summed E-state index contributed by atoms with van der Waals surface area (Å²) in [7, 11) is 0. The van der Waals surface area contributed by atoms with Gasteiger partial charge in [0.2, 0.25) is 0 Å². The Balaban J connectivity index is 1.78. The van der Waals surface area contributed by atoms with Gasteiger partial charge >= 0.3 is 0 Å². The molecule has 0 aromatic heterocycles. The lowest BCUT2D eigenvalue weighted by Crippen LogP contribution is -2.35. The molecule has 0 aromatic carbocycles. The van der Waals surface area contributed by atoms with E-state index >= 15 is 0 Å². The second-order valence-electron chi connectivity index (χ2n) is 5.13. The Morgan fingerprint density at radius 3 is 2.62 bits per heavy atom. The molecule has 1 saturated heterocycles. The molecule has 1 heterocycles. The van der Waals surface area contributed by atoms with Crippen LogP contribution < -0.4 is 0 Å². The maximum absolute atomic E-state index is 8.97. The molecular weight excluding hydrogens is 162 g/mol. The molecule has 0 bridgehead atoms. The molecule has 2 rings (SSSR count). The van der Waals surface area contributed by atoms with Crippen LogP contribution in [0.15, 0.2) is 0 Å². The van der Waals surface area contributed by atoms with E-state index in [2.05, 4.69) is 11.8 Å². The third-order valence-corrected chi connectivity index (χ3v) is 3.81. The smallest absolute Gasteiger partial charge is 0.0468 e. The van der Waals surface area contributed by atoms with Gasteiger partial charge in [-0.05, 0) is 37.1 Å². The van der Waals surface area contributed by atoms with Crippen LogP contribution in [0.3, 0.4) is 0 Å². The Kier molecular flexibility index (Phi) is 2.61. The van der Waals surface area contributed by atoms with Gasteiger partial charge in [0.15, 0.2) is 0 Å². The summed E-state index contributed by atoms with van der Waals surface area (Å²) in [5.74, 6) is 0.454. The molecule has 0 amide bonds. The molecule has 1 atom stereocenters. The number of likely N-dealkylation sites (tertiary alicyclic amines) is 1. The van der Waals surface area contributed by atoms with Crippen molar-refractivity contribution in [3.63, 3.8) is 0 Å². The first kappa shape index (κ1) is 9.47. The summed E-state index contributed by atoms with van der Waals surface area (Å²) in [6, 6.07) is 0. The first-order chi connectivity index (χ1) is 6.24. The third-order valence-electron chi connectivity index (χ3n) is 3.81. The zero-order chi connectivity index (χ0) is 9.31. The summed E-state index contributed by atoms with van der Waals surface area (Å²) in [5.41, 5.74) is 0.717. The lowest BCUT2D eigenvalue weighted by atomic mass is 9.68. The first-order valence-corrected chi connectivity index (χ1v) is 5.57. The van der Waals surface area contributed by atoms with Gasteiger partial charge in [-0.15, -0.1) is 0 Å². The molecule has 2 aliphatic rings. The Hall–Kier alpha value is -0.0800. The summed E-state index contributed by atoms with van der Waals surface area (Å²) in [5, 5.41) is 8.97. The normalized spacial score (nSPS) is 29.1. The van der Waals surface area contributed by atoms with Crippen LogP contribution in [0.5, 0.6) is 0 Å². The SMILES string of the molecule is CC(CO)CN1CCC2(CCC2)C1. The maximum atomic E-state index is 8.97. The zero-order valence-electron chi connectivity index (χ0n) is 8.63. The average molecular weight is 183 g/mol. The molecule has 1 spiro atoms. The van der Waals surface area contributed by atoms with Gasteiger partial charge in [-0.1, -0.05) is 13.3 Å². The summed E-state index contributed by atoms with van der Waals surface area (Å²) < 4.78 is 0. The fraction of sp³-hybridized carbons (Fsp3) is 1.00. The van der Waals surface area contributed by atoms with Crippen LogP contribution in [0.1, 0.15) is 32.6 Å². The Morgan fingerprint density at radius 2 is 2.15 bits per heavy atom. The lowest BCUT2D eigenvalue weighted by Gasteiger charge is -2.38. The van der Waals surface area contributed by atoms with E-state index in [1.54, 1.807) is 0 Å². The van der Waals surface area contributed by atoms with Crippen LogP contribution in [-0.2, 0) is 0 Å². The molecule has 76 valence electrons. The quantitative estimate of drug-likeness (QED) is 0.716. The first-order valence-electron chi connectivity index (χ1n) is 5.57. The third kappa shape index (κ3) is 1.89. The lowest BCUT2D eigenvalue weighted by molar-refractivity contribution is 0.126. The van der Waals surface area contributed by atoms with Crippen molar-refractivity contribution in [3.8, 4) is 0 Å². The van der Waals surface area contributed by atoms with E-state index in [9.17, 15) is 0 Å². The molecule has 2 fully saturated rings. The number of rotatable bonds is 3. The van der Waals surface area contributed by atoms with Crippen molar-refractivity contribution in [3.05, 3.63) is 0 Å². The highest BCUT2D eigenvalue weighted by atomic mass is 16.3. The van der Waals surface area contributed by atoms with Crippen LogP contribution in [0.25, 0.3) is 0 Å². The molecule has 13 heavy (non-hydrogen) atoms.